The molecule has 0 spiro atoms. The molecule has 0 radical (unpaired) electrons. The second-order valence-corrected chi connectivity index (χ2v) is 6.92. The van der Waals surface area contributed by atoms with Crippen LogP contribution < -0.4 is 0 Å². The van der Waals surface area contributed by atoms with Crippen LogP contribution in [0.5, 0.6) is 0 Å². The Hall–Kier alpha value is -3.51. The fourth-order valence-corrected chi connectivity index (χ4v) is 2.14. The van der Waals surface area contributed by atoms with Gasteiger partial charge in [-0.05, 0) is 64.1 Å². The molecule has 0 N–H and O–H groups in total. The van der Waals surface area contributed by atoms with E-state index in [4.69, 9.17) is 0 Å². The monoisotopic (exact) mass is 431 g/mol. The minimum Gasteiger partial charge on any atom is -0.335 e. The second-order valence-electron chi connectivity index (χ2n) is 6.92. The van der Waals surface area contributed by atoms with Gasteiger partial charge in [-0.1, -0.05) is 0 Å². The Morgan fingerprint density at radius 2 is 1.16 bits per heavy atom. The summed E-state index contributed by atoms with van der Waals surface area (Å²) in [5, 5.41) is 29.6. The van der Waals surface area contributed by atoms with Gasteiger partial charge in [0.15, 0.2) is 5.82 Å². The number of hydrogen-bond acceptors (Lipinski definition) is 9. The Labute approximate surface area is 182 Å². The summed E-state index contributed by atoms with van der Waals surface area (Å²) in [6.07, 6.45) is 0. The van der Waals surface area contributed by atoms with Crippen LogP contribution in [0.4, 0.5) is 0 Å². The molecule has 4 heterocycles. The molecular weight excluding hydrogens is 398 g/mol. The first kappa shape index (κ1) is 25.5. The molecule has 31 heavy (non-hydrogen) atoms. The first-order valence-corrected chi connectivity index (χ1v) is 9.62. The Morgan fingerprint density at radius 1 is 0.581 bits per heavy atom. The Bertz CT molecular complexity index is 992. The number of rotatable bonds is 0. The van der Waals surface area contributed by atoms with Crippen LogP contribution in [0.2, 0.25) is 0 Å². The topological polar surface area (TPSA) is 136 Å². The number of aryl methyl sites for hydroxylation is 9. The van der Waals surface area contributed by atoms with Gasteiger partial charge in [-0.25, -0.2) is 9.67 Å². The molecule has 170 valence electrons. The standard InChI is InChI=1S/C7H12N2.C5H9N3.2C3H6N4/c1-5-6(2)9(4)7(3)8-5;1-4-5(2)7-8(3)6-4;1-3-4-5-6-7(3)2;1-3-4-6-7(2)5-3/h1-4H3;1-3H3;2*1-2H3. The number of tetrazole rings is 2. The van der Waals surface area contributed by atoms with Crippen molar-refractivity contribution < 1.29 is 0 Å². The maximum absolute atomic E-state index is 4.27. The van der Waals surface area contributed by atoms with E-state index in [1.165, 1.54) is 10.5 Å². The molecule has 4 aromatic heterocycles. The summed E-state index contributed by atoms with van der Waals surface area (Å²) in [6, 6.07) is 0. The number of hydrogen-bond donors (Lipinski definition) is 0. The maximum Gasteiger partial charge on any atom is 0.171 e. The highest BCUT2D eigenvalue weighted by molar-refractivity contribution is 5.12. The maximum atomic E-state index is 4.27. The Balaban J connectivity index is 0.000000208. The van der Waals surface area contributed by atoms with Crippen LogP contribution in [-0.4, -0.2) is 65.0 Å². The zero-order valence-corrected chi connectivity index (χ0v) is 20.3. The molecule has 13 nitrogen and oxygen atoms in total. The van der Waals surface area contributed by atoms with Gasteiger partial charge in [-0.2, -0.15) is 19.8 Å². The number of aromatic nitrogens is 13. The van der Waals surface area contributed by atoms with Gasteiger partial charge in [0.2, 0.25) is 0 Å². The van der Waals surface area contributed by atoms with Crippen molar-refractivity contribution in [2.45, 2.75) is 48.5 Å². The molecule has 4 rings (SSSR count). The average molecular weight is 432 g/mol. The third-order valence-electron chi connectivity index (χ3n) is 4.39. The summed E-state index contributed by atoms with van der Waals surface area (Å²) in [4.78, 5) is 7.27. The number of imidazole rings is 1. The van der Waals surface area contributed by atoms with Crippen molar-refractivity contribution in [3.8, 4) is 0 Å². The molecule has 0 bridgehead atoms. The highest BCUT2D eigenvalue weighted by Gasteiger charge is 2.00. The first-order chi connectivity index (χ1) is 14.4. The van der Waals surface area contributed by atoms with Gasteiger partial charge in [0, 0.05) is 26.8 Å². The first-order valence-electron chi connectivity index (χ1n) is 9.62. The zero-order chi connectivity index (χ0) is 23.7. The smallest absolute Gasteiger partial charge is 0.171 e. The van der Waals surface area contributed by atoms with Crippen molar-refractivity contribution in [2.24, 2.45) is 28.2 Å². The summed E-state index contributed by atoms with van der Waals surface area (Å²) in [7, 11) is 7.39. The summed E-state index contributed by atoms with van der Waals surface area (Å²) >= 11 is 0. The highest BCUT2D eigenvalue weighted by Crippen LogP contribution is 2.05. The van der Waals surface area contributed by atoms with Gasteiger partial charge >= 0.3 is 0 Å². The summed E-state index contributed by atoms with van der Waals surface area (Å²) in [5.41, 5.74) is 4.41. The van der Waals surface area contributed by atoms with Gasteiger partial charge in [-0.15, -0.1) is 15.3 Å². The molecule has 0 fully saturated rings. The van der Waals surface area contributed by atoms with E-state index < -0.39 is 0 Å². The van der Waals surface area contributed by atoms with E-state index in [-0.39, 0.29) is 0 Å². The third kappa shape index (κ3) is 8.40. The molecule has 0 saturated carbocycles. The highest BCUT2D eigenvalue weighted by atomic mass is 15.6. The Kier molecular flexibility index (Phi) is 9.57. The lowest BCUT2D eigenvalue weighted by atomic mass is 10.4. The lowest BCUT2D eigenvalue weighted by molar-refractivity contribution is 0.629. The van der Waals surface area contributed by atoms with Gasteiger partial charge in [0.25, 0.3) is 0 Å². The van der Waals surface area contributed by atoms with Crippen molar-refractivity contribution >= 4 is 0 Å². The van der Waals surface area contributed by atoms with E-state index in [9.17, 15) is 0 Å². The molecule has 0 aliphatic heterocycles. The third-order valence-corrected chi connectivity index (χ3v) is 4.39. The minimum atomic E-state index is 0.711. The van der Waals surface area contributed by atoms with Crippen LogP contribution >= 0.6 is 0 Å². The number of nitrogens with zero attached hydrogens (tertiary/aromatic N) is 13. The second kappa shape index (κ2) is 11.6. The lowest BCUT2D eigenvalue weighted by Crippen LogP contribution is -1.92. The summed E-state index contributed by atoms with van der Waals surface area (Å²) in [6.45, 7) is 13.7. The van der Waals surface area contributed by atoms with Crippen LogP contribution in [-0.2, 0) is 28.2 Å². The normalized spacial score (nSPS) is 9.77. The summed E-state index contributed by atoms with van der Waals surface area (Å²) < 4.78 is 3.70. The lowest BCUT2D eigenvalue weighted by Gasteiger charge is -1.94. The van der Waals surface area contributed by atoms with E-state index >= 15 is 0 Å². The molecule has 0 atom stereocenters. The van der Waals surface area contributed by atoms with Gasteiger partial charge in [0.1, 0.15) is 11.6 Å². The van der Waals surface area contributed by atoms with Crippen molar-refractivity contribution in [2.75, 3.05) is 0 Å². The molecule has 0 aliphatic carbocycles. The largest absolute Gasteiger partial charge is 0.335 e. The van der Waals surface area contributed by atoms with E-state index in [2.05, 4.69) is 57.6 Å². The Morgan fingerprint density at radius 3 is 1.29 bits per heavy atom. The van der Waals surface area contributed by atoms with Crippen LogP contribution in [0.15, 0.2) is 0 Å². The average Bonchev–Trinajstić information content (AvgIpc) is 3.40. The van der Waals surface area contributed by atoms with Crippen molar-refractivity contribution in [1.82, 2.24) is 65.0 Å². The molecule has 13 heteroatoms. The predicted octanol–water partition coefficient (Wildman–Crippen LogP) is 0.814. The van der Waals surface area contributed by atoms with E-state index in [0.717, 1.165) is 28.7 Å². The van der Waals surface area contributed by atoms with Crippen LogP contribution in [0.1, 0.15) is 40.2 Å². The van der Waals surface area contributed by atoms with Crippen molar-refractivity contribution in [3.63, 3.8) is 0 Å². The fourth-order valence-electron chi connectivity index (χ4n) is 2.14. The summed E-state index contributed by atoms with van der Waals surface area (Å²) in [5.74, 6) is 2.63. The van der Waals surface area contributed by atoms with E-state index in [0.29, 0.717) is 5.82 Å². The van der Waals surface area contributed by atoms with Crippen molar-refractivity contribution in [1.29, 1.82) is 0 Å². The van der Waals surface area contributed by atoms with Gasteiger partial charge in [0.05, 0.1) is 24.1 Å². The van der Waals surface area contributed by atoms with E-state index in [1.54, 1.807) is 30.5 Å². The van der Waals surface area contributed by atoms with Crippen LogP contribution in [0.3, 0.4) is 0 Å². The zero-order valence-electron chi connectivity index (χ0n) is 20.3. The predicted molar refractivity (Wildman–Crippen MR) is 115 cm³/mol. The fraction of sp³-hybridized carbons (Fsp3) is 0.611. The molecule has 0 amide bonds. The molecule has 0 aliphatic rings. The minimum absolute atomic E-state index is 0.711. The SMILES string of the molecule is Cc1nc(C)n(C)c1C.Cc1nn(C)nc1C.Cc1nnn(C)n1.Cc1nnnn1C. The van der Waals surface area contributed by atoms with Gasteiger partial charge < -0.3 is 4.57 Å². The molecule has 0 unspecified atom stereocenters. The molecule has 0 saturated heterocycles. The van der Waals surface area contributed by atoms with E-state index in [1.807, 2.05) is 48.7 Å². The molecule has 0 aromatic carbocycles. The van der Waals surface area contributed by atoms with Gasteiger partial charge in [-0.3, -0.25) is 0 Å². The molecule has 4 aromatic rings. The van der Waals surface area contributed by atoms with Crippen LogP contribution in [0.25, 0.3) is 0 Å². The quantitative estimate of drug-likeness (QED) is 0.396. The van der Waals surface area contributed by atoms with Crippen LogP contribution in [0, 0.1) is 48.5 Å². The molecular formula is C18H33N13. The van der Waals surface area contributed by atoms with Crippen molar-refractivity contribution in [3.05, 3.63) is 40.2 Å².